The standard InChI is InChI=1S/C25H35F2N5O4/c1-25(2,16-5-7-30(8-6-16)22(35)15-33)32-11-9-31(10-12-32)23-18(26)13-17(14-19(23)27)28-20-3-4-21(34)29-24(20)36/h13-14,16,20,28,33H,3-12,15H2,1-2H3,(H,29,34,36). The molecule has 0 bridgehead atoms. The molecule has 1 aromatic rings. The van der Waals surface area contributed by atoms with E-state index in [1.165, 1.54) is 12.1 Å². The number of hydrogen-bond acceptors (Lipinski definition) is 7. The maximum Gasteiger partial charge on any atom is 0.249 e. The number of halogens is 2. The van der Waals surface area contributed by atoms with Gasteiger partial charge in [-0.3, -0.25) is 24.6 Å². The Balaban J connectivity index is 1.35. The summed E-state index contributed by atoms with van der Waals surface area (Å²) in [6.07, 6.45) is 2.14. The molecule has 4 rings (SSSR count). The molecule has 3 aliphatic rings. The molecule has 3 aliphatic heterocycles. The lowest BCUT2D eigenvalue weighted by molar-refractivity contribution is -0.136. The van der Waals surface area contributed by atoms with E-state index >= 15 is 8.78 Å². The molecule has 0 aromatic heterocycles. The number of imide groups is 1. The quantitative estimate of drug-likeness (QED) is 0.499. The molecule has 11 heteroatoms. The van der Waals surface area contributed by atoms with Crippen LogP contribution >= 0.6 is 0 Å². The fourth-order valence-corrected chi connectivity index (χ4v) is 5.68. The minimum Gasteiger partial charge on any atom is -0.387 e. The van der Waals surface area contributed by atoms with Crippen molar-refractivity contribution in [3.05, 3.63) is 23.8 Å². The first-order valence-electron chi connectivity index (χ1n) is 12.6. The van der Waals surface area contributed by atoms with Gasteiger partial charge in [-0.2, -0.15) is 0 Å². The second-order valence-corrected chi connectivity index (χ2v) is 10.4. The van der Waals surface area contributed by atoms with E-state index in [4.69, 9.17) is 5.11 Å². The van der Waals surface area contributed by atoms with E-state index in [1.807, 2.05) is 0 Å². The summed E-state index contributed by atoms with van der Waals surface area (Å²) in [4.78, 5) is 40.8. The normalized spacial score (nSPS) is 22.5. The number of nitrogens with zero attached hydrogens (tertiary/aromatic N) is 3. The lowest BCUT2D eigenvalue weighted by Gasteiger charge is -2.50. The van der Waals surface area contributed by atoms with Crippen LogP contribution in [-0.2, 0) is 14.4 Å². The summed E-state index contributed by atoms with van der Waals surface area (Å²) in [5.74, 6) is -2.10. The Morgan fingerprint density at radius 1 is 1.06 bits per heavy atom. The van der Waals surface area contributed by atoms with E-state index in [-0.39, 0.29) is 41.6 Å². The molecular weight excluding hydrogens is 472 g/mol. The zero-order chi connectivity index (χ0) is 26.0. The van der Waals surface area contributed by atoms with Crippen molar-refractivity contribution >= 4 is 29.1 Å². The number of anilines is 2. The average Bonchev–Trinajstić information content (AvgIpc) is 2.85. The lowest BCUT2D eigenvalue weighted by Crippen LogP contribution is -2.59. The van der Waals surface area contributed by atoms with Crippen LogP contribution in [-0.4, -0.2) is 90.1 Å². The Morgan fingerprint density at radius 2 is 1.67 bits per heavy atom. The molecule has 3 N–H and O–H groups in total. The Bertz CT molecular complexity index is 981. The third-order valence-corrected chi connectivity index (χ3v) is 7.99. The minimum absolute atomic E-state index is 0.0721. The summed E-state index contributed by atoms with van der Waals surface area (Å²) in [5.41, 5.74) is -0.0427. The summed E-state index contributed by atoms with van der Waals surface area (Å²) < 4.78 is 30.0. The van der Waals surface area contributed by atoms with Gasteiger partial charge in [0.2, 0.25) is 17.7 Å². The second-order valence-electron chi connectivity index (χ2n) is 10.4. The highest BCUT2D eigenvalue weighted by Crippen LogP contribution is 2.35. The van der Waals surface area contributed by atoms with Gasteiger partial charge in [0, 0.05) is 56.9 Å². The van der Waals surface area contributed by atoms with Gasteiger partial charge in [-0.1, -0.05) is 0 Å². The van der Waals surface area contributed by atoms with Crippen LogP contribution in [0.5, 0.6) is 0 Å². The minimum atomic E-state index is -0.716. The molecule has 0 saturated carbocycles. The predicted molar refractivity (Wildman–Crippen MR) is 130 cm³/mol. The van der Waals surface area contributed by atoms with Crippen molar-refractivity contribution in [1.29, 1.82) is 0 Å². The van der Waals surface area contributed by atoms with Crippen molar-refractivity contribution in [2.24, 2.45) is 5.92 Å². The van der Waals surface area contributed by atoms with Crippen LogP contribution in [0.4, 0.5) is 20.2 Å². The molecule has 1 atom stereocenters. The Kier molecular flexibility index (Phi) is 7.79. The maximum absolute atomic E-state index is 15.0. The highest BCUT2D eigenvalue weighted by atomic mass is 19.1. The van der Waals surface area contributed by atoms with Crippen LogP contribution in [0.3, 0.4) is 0 Å². The molecule has 1 unspecified atom stereocenters. The van der Waals surface area contributed by atoms with Crippen molar-refractivity contribution in [2.45, 2.75) is 51.1 Å². The monoisotopic (exact) mass is 507 g/mol. The van der Waals surface area contributed by atoms with Gasteiger partial charge >= 0.3 is 0 Å². The van der Waals surface area contributed by atoms with Crippen LogP contribution in [0.25, 0.3) is 0 Å². The number of piperazine rings is 1. The summed E-state index contributed by atoms with van der Waals surface area (Å²) in [6.45, 7) is 7.41. The van der Waals surface area contributed by atoms with E-state index in [2.05, 4.69) is 29.4 Å². The first-order chi connectivity index (χ1) is 17.1. The largest absolute Gasteiger partial charge is 0.387 e. The van der Waals surface area contributed by atoms with E-state index in [9.17, 15) is 14.4 Å². The zero-order valence-corrected chi connectivity index (χ0v) is 20.9. The smallest absolute Gasteiger partial charge is 0.249 e. The molecule has 9 nitrogen and oxygen atoms in total. The van der Waals surface area contributed by atoms with Gasteiger partial charge in [0.1, 0.15) is 18.3 Å². The zero-order valence-electron chi connectivity index (χ0n) is 20.9. The first kappa shape index (κ1) is 26.3. The summed E-state index contributed by atoms with van der Waals surface area (Å²) >= 11 is 0. The number of aliphatic hydroxyl groups is 1. The molecule has 3 saturated heterocycles. The Morgan fingerprint density at radius 3 is 2.22 bits per heavy atom. The van der Waals surface area contributed by atoms with Gasteiger partial charge in [-0.05, 0) is 51.2 Å². The number of hydrogen-bond donors (Lipinski definition) is 3. The van der Waals surface area contributed by atoms with Crippen molar-refractivity contribution in [3.8, 4) is 0 Å². The van der Waals surface area contributed by atoms with E-state index in [0.717, 1.165) is 12.8 Å². The Hall–Kier alpha value is -2.79. The molecule has 1 aromatic carbocycles. The summed E-state index contributed by atoms with van der Waals surface area (Å²) in [6, 6.07) is 1.67. The van der Waals surface area contributed by atoms with Gasteiger partial charge < -0.3 is 20.2 Å². The van der Waals surface area contributed by atoms with Gasteiger partial charge in [0.05, 0.1) is 0 Å². The van der Waals surface area contributed by atoms with Crippen molar-refractivity contribution in [3.63, 3.8) is 0 Å². The number of rotatable bonds is 6. The predicted octanol–water partition coefficient (Wildman–Crippen LogP) is 1.31. The maximum atomic E-state index is 15.0. The molecule has 3 heterocycles. The molecule has 198 valence electrons. The van der Waals surface area contributed by atoms with Gasteiger partial charge in [-0.25, -0.2) is 8.78 Å². The van der Waals surface area contributed by atoms with Gasteiger partial charge in [0.25, 0.3) is 0 Å². The molecule has 0 aliphatic carbocycles. The van der Waals surface area contributed by atoms with Gasteiger partial charge in [-0.15, -0.1) is 0 Å². The molecule has 36 heavy (non-hydrogen) atoms. The van der Waals surface area contributed by atoms with Crippen LogP contribution in [0, 0.1) is 17.6 Å². The fraction of sp³-hybridized carbons (Fsp3) is 0.640. The van der Waals surface area contributed by atoms with E-state index in [1.54, 1.807) is 9.80 Å². The van der Waals surface area contributed by atoms with Crippen LogP contribution in [0.15, 0.2) is 12.1 Å². The number of carbonyl (C=O) groups is 3. The number of benzene rings is 1. The fourth-order valence-electron chi connectivity index (χ4n) is 5.68. The van der Waals surface area contributed by atoms with Crippen molar-refractivity contribution < 1.29 is 28.3 Å². The van der Waals surface area contributed by atoms with Crippen LogP contribution in [0.1, 0.15) is 39.5 Å². The third-order valence-electron chi connectivity index (χ3n) is 7.99. The molecule has 3 amide bonds. The number of aliphatic hydroxyl groups excluding tert-OH is 1. The van der Waals surface area contributed by atoms with E-state index in [0.29, 0.717) is 45.2 Å². The summed E-state index contributed by atoms with van der Waals surface area (Å²) in [7, 11) is 0. The topological polar surface area (TPSA) is 105 Å². The van der Waals surface area contributed by atoms with Gasteiger partial charge in [0.15, 0.2) is 11.6 Å². The number of carbonyl (C=O) groups excluding carboxylic acids is 3. The highest BCUT2D eigenvalue weighted by molar-refractivity contribution is 6.01. The van der Waals surface area contributed by atoms with Crippen molar-refractivity contribution in [2.75, 3.05) is 56.1 Å². The molecule has 3 fully saturated rings. The summed E-state index contributed by atoms with van der Waals surface area (Å²) in [5, 5.41) is 14.1. The number of likely N-dealkylation sites (tertiary alicyclic amines) is 1. The molecule has 0 radical (unpaired) electrons. The van der Waals surface area contributed by atoms with Crippen molar-refractivity contribution in [1.82, 2.24) is 15.1 Å². The second kappa shape index (κ2) is 10.7. The van der Waals surface area contributed by atoms with Crippen LogP contribution < -0.4 is 15.5 Å². The third kappa shape index (κ3) is 5.46. The van der Waals surface area contributed by atoms with Crippen LogP contribution in [0.2, 0.25) is 0 Å². The van der Waals surface area contributed by atoms with E-state index < -0.39 is 30.2 Å². The Labute approximate surface area is 209 Å². The highest BCUT2D eigenvalue weighted by Gasteiger charge is 2.39. The SMILES string of the molecule is CC(C)(C1CCN(C(=O)CO)CC1)N1CCN(c2c(F)cc(NC3CCC(=O)NC3=O)cc2F)CC1. The lowest BCUT2D eigenvalue weighted by atomic mass is 9.78. The number of nitrogens with one attached hydrogen (secondary N) is 2. The molecular formula is C25H35F2N5O4. The first-order valence-corrected chi connectivity index (χ1v) is 12.6. The number of piperidine rings is 2. The number of amides is 3. The molecule has 0 spiro atoms. The average molecular weight is 508 g/mol.